The molecule has 1 saturated heterocycles. The van der Waals surface area contributed by atoms with Crippen LogP contribution < -0.4 is 10.1 Å². The summed E-state index contributed by atoms with van der Waals surface area (Å²) in [5, 5.41) is 3.70. The Kier molecular flexibility index (Phi) is 5.44. The molecule has 0 spiro atoms. The van der Waals surface area contributed by atoms with Crippen molar-refractivity contribution in [3.8, 4) is 5.75 Å². The molecule has 2 unspecified atom stereocenters. The van der Waals surface area contributed by atoms with Gasteiger partial charge in [0.1, 0.15) is 5.75 Å². The number of hydrogen-bond acceptors (Lipinski definition) is 3. The molecule has 1 aromatic rings. The fraction of sp³-hybridized carbons (Fsp3) is 0.647. The highest BCUT2D eigenvalue weighted by Gasteiger charge is 2.18. The molecule has 3 heteroatoms. The average Bonchev–Trinajstić information content (AvgIpc) is 2.91. The van der Waals surface area contributed by atoms with Gasteiger partial charge in [-0.25, -0.2) is 0 Å². The van der Waals surface area contributed by atoms with Crippen molar-refractivity contribution >= 4 is 0 Å². The smallest absolute Gasteiger partial charge is 0.123 e. The maximum absolute atomic E-state index is 5.49. The van der Waals surface area contributed by atoms with E-state index in [9.17, 15) is 0 Å². The third-order valence-electron chi connectivity index (χ3n) is 4.12. The van der Waals surface area contributed by atoms with Crippen LogP contribution in [0.5, 0.6) is 5.75 Å². The minimum Gasteiger partial charge on any atom is -0.496 e. The lowest BCUT2D eigenvalue weighted by atomic mass is 10.0. The molecule has 0 amide bonds. The monoisotopic (exact) mass is 276 g/mol. The molecule has 2 rings (SSSR count). The molecule has 3 nitrogen and oxygen atoms in total. The maximum atomic E-state index is 5.49. The Bertz CT molecular complexity index is 427. The first-order valence-electron chi connectivity index (χ1n) is 7.73. The minimum absolute atomic E-state index is 0.308. The second-order valence-corrected chi connectivity index (χ2v) is 6.04. The average molecular weight is 276 g/mol. The zero-order valence-corrected chi connectivity index (χ0v) is 13.3. The fourth-order valence-electron chi connectivity index (χ4n) is 3.11. The van der Waals surface area contributed by atoms with Gasteiger partial charge in [-0.15, -0.1) is 0 Å². The molecular weight excluding hydrogens is 248 g/mol. The van der Waals surface area contributed by atoms with Gasteiger partial charge in [0.05, 0.1) is 7.11 Å². The third-order valence-corrected chi connectivity index (χ3v) is 4.12. The summed E-state index contributed by atoms with van der Waals surface area (Å²) in [5.74, 6) is 0.976. The van der Waals surface area contributed by atoms with Crippen molar-refractivity contribution in [2.45, 2.75) is 45.7 Å². The number of methoxy groups -OCH3 is 1. The summed E-state index contributed by atoms with van der Waals surface area (Å²) in [6.07, 6.45) is 2.71. The van der Waals surface area contributed by atoms with Crippen molar-refractivity contribution in [3.63, 3.8) is 0 Å². The first-order valence-corrected chi connectivity index (χ1v) is 7.73. The summed E-state index contributed by atoms with van der Waals surface area (Å²) in [7, 11) is 1.74. The molecule has 1 fully saturated rings. The van der Waals surface area contributed by atoms with E-state index in [1.807, 2.05) is 0 Å². The summed E-state index contributed by atoms with van der Waals surface area (Å²) < 4.78 is 5.49. The highest BCUT2D eigenvalue weighted by Crippen LogP contribution is 2.26. The van der Waals surface area contributed by atoms with Crippen molar-refractivity contribution in [2.75, 3.05) is 26.7 Å². The van der Waals surface area contributed by atoms with Gasteiger partial charge < -0.3 is 15.0 Å². The van der Waals surface area contributed by atoms with E-state index < -0.39 is 0 Å². The van der Waals surface area contributed by atoms with Crippen LogP contribution in [0.1, 0.15) is 43.9 Å². The Morgan fingerprint density at radius 2 is 1.95 bits per heavy atom. The number of nitrogens with one attached hydrogen (secondary N) is 1. The van der Waals surface area contributed by atoms with Gasteiger partial charge in [-0.05, 0) is 52.8 Å². The van der Waals surface area contributed by atoms with Crippen molar-refractivity contribution < 1.29 is 4.74 Å². The molecule has 1 heterocycles. The maximum Gasteiger partial charge on any atom is 0.123 e. The molecule has 0 bridgehead atoms. The Morgan fingerprint density at radius 3 is 2.60 bits per heavy atom. The second kappa shape index (κ2) is 7.09. The number of hydrogen-bond donors (Lipinski definition) is 1. The standard InChI is InChI=1S/C17H28N2O/c1-13-7-8-17(20-4)16(11-13)15(3)18-14(2)12-19-9-5-6-10-19/h7-8,11,14-15,18H,5-6,9-10,12H2,1-4H3. The van der Waals surface area contributed by atoms with Gasteiger partial charge in [0.2, 0.25) is 0 Å². The zero-order valence-electron chi connectivity index (χ0n) is 13.3. The van der Waals surface area contributed by atoms with Crippen LogP contribution in [0.3, 0.4) is 0 Å². The van der Waals surface area contributed by atoms with Gasteiger partial charge >= 0.3 is 0 Å². The number of likely N-dealkylation sites (tertiary alicyclic amines) is 1. The summed E-state index contributed by atoms with van der Waals surface area (Å²) in [4.78, 5) is 2.55. The third kappa shape index (κ3) is 3.97. The molecule has 2 atom stereocenters. The highest BCUT2D eigenvalue weighted by molar-refractivity contribution is 5.38. The SMILES string of the molecule is COc1ccc(C)cc1C(C)NC(C)CN1CCCC1. The quantitative estimate of drug-likeness (QED) is 0.864. The number of benzene rings is 1. The molecule has 0 radical (unpaired) electrons. The highest BCUT2D eigenvalue weighted by atomic mass is 16.5. The van der Waals surface area contributed by atoms with Crippen molar-refractivity contribution in [2.24, 2.45) is 0 Å². The van der Waals surface area contributed by atoms with Crippen LogP contribution in [0.15, 0.2) is 18.2 Å². The van der Waals surface area contributed by atoms with E-state index in [1.165, 1.54) is 37.1 Å². The van der Waals surface area contributed by atoms with E-state index >= 15 is 0 Å². The predicted octanol–water partition coefficient (Wildman–Crippen LogP) is 3.14. The van der Waals surface area contributed by atoms with E-state index in [2.05, 4.69) is 49.2 Å². The molecular formula is C17H28N2O. The molecule has 112 valence electrons. The van der Waals surface area contributed by atoms with Crippen molar-refractivity contribution in [3.05, 3.63) is 29.3 Å². The summed E-state index contributed by atoms with van der Waals surface area (Å²) in [6.45, 7) is 10.3. The van der Waals surface area contributed by atoms with E-state index in [1.54, 1.807) is 7.11 Å². The van der Waals surface area contributed by atoms with Crippen molar-refractivity contribution in [1.82, 2.24) is 10.2 Å². The fourth-order valence-corrected chi connectivity index (χ4v) is 3.11. The van der Waals surface area contributed by atoms with Gasteiger partial charge in [0.15, 0.2) is 0 Å². The first-order chi connectivity index (χ1) is 9.60. The van der Waals surface area contributed by atoms with Crippen LogP contribution in [-0.4, -0.2) is 37.7 Å². The number of rotatable bonds is 6. The summed E-state index contributed by atoms with van der Waals surface area (Å²) >= 11 is 0. The van der Waals surface area contributed by atoms with Crippen LogP contribution in [-0.2, 0) is 0 Å². The van der Waals surface area contributed by atoms with Crippen LogP contribution in [0, 0.1) is 6.92 Å². The number of aryl methyl sites for hydroxylation is 1. The molecule has 20 heavy (non-hydrogen) atoms. The minimum atomic E-state index is 0.308. The molecule has 1 aromatic carbocycles. The van der Waals surface area contributed by atoms with Crippen molar-refractivity contribution in [1.29, 1.82) is 0 Å². The Labute approximate surface area is 123 Å². The Balaban J connectivity index is 1.96. The zero-order chi connectivity index (χ0) is 14.5. The molecule has 0 aromatic heterocycles. The van der Waals surface area contributed by atoms with Crippen LogP contribution in [0.2, 0.25) is 0 Å². The van der Waals surface area contributed by atoms with Gasteiger partial charge in [-0.1, -0.05) is 17.7 Å². The van der Waals surface area contributed by atoms with E-state index in [-0.39, 0.29) is 0 Å². The predicted molar refractivity (Wildman–Crippen MR) is 84.4 cm³/mol. The number of ether oxygens (including phenoxy) is 1. The van der Waals surface area contributed by atoms with E-state index in [0.717, 1.165) is 12.3 Å². The van der Waals surface area contributed by atoms with E-state index in [0.29, 0.717) is 12.1 Å². The van der Waals surface area contributed by atoms with Gasteiger partial charge in [0.25, 0.3) is 0 Å². The van der Waals surface area contributed by atoms with E-state index in [4.69, 9.17) is 4.74 Å². The summed E-state index contributed by atoms with van der Waals surface area (Å²) in [6, 6.07) is 7.19. The molecule has 1 aliphatic heterocycles. The van der Waals surface area contributed by atoms with Crippen LogP contribution >= 0.6 is 0 Å². The summed E-state index contributed by atoms with van der Waals surface area (Å²) in [5.41, 5.74) is 2.53. The lowest BCUT2D eigenvalue weighted by Gasteiger charge is -2.26. The largest absolute Gasteiger partial charge is 0.496 e. The van der Waals surface area contributed by atoms with Crippen LogP contribution in [0.4, 0.5) is 0 Å². The second-order valence-electron chi connectivity index (χ2n) is 6.04. The molecule has 1 N–H and O–H groups in total. The molecule has 1 aliphatic rings. The van der Waals surface area contributed by atoms with Crippen LogP contribution in [0.25, 0.3) is 0 Å². The van der Waals surface area contributed by atoms with Gasteiger partial charge in [-0.2, -0.15) is 0 Å². The number of nitrogens with zero attached hydrogens (tertiary/aromatic N) is 1. The normalized spacial score (nSPS) is 19.0. The lowest BCUT2D eigenvalue weighted by molar-refractivity contribution is 0.287. The van der Waals surface area contributed by atoms with Gasteiger partial charge in [-0.3, -0.25) is 0 Å². The molecule has 0 saturated carbocycles. The Hall–Kier alpha value is -1.06. The topological polar surface area (TPSA) is 24.5 Å². The lowest BCUT2D eigenvalue weighted by Crippen LogP contribution is -2.39. The Morgan fingerprint density at radius 1 is 1.25 bits per heavy atom. The first kappa shape index (κ1) is 15.3. The van der Waals surface area contributed by atoms with Gasteiger partial charge in [0, 0.05) is 24.2 Å². The molecule has 0 aliphatic carbocycles.